The minimum Gasteiger partial charge on any atom is -0.486 e. The van der Waals surface area contributed by atoms with E-state index in [0.717, 1.165) is 78.8 Å². The SMILES string of the molecule is CCc1cccc(CC)c1-c1cc(Oc2ccc3c(c2)OCCO3)c(CN2CCc3ccccc3C2)c(C)n1. The van der Waals surface area contributed by atoms with Crippen LogP contribution in [0.2, 0.25) is 0 Å². The van der Waals surface area contributed by atoms with Gasteiger partial charge in [-0.05, 0) is 60.6 Å². The molecule has 39 heavy (non-hydrogen) atoms. The molecular weight excluding hydrogens is 484 g/mol. The van der Waals surface area contributed by atoms with Gasteiger partial charge in [-0.15, -0.1) is 0 Å². The molecule has 0 radical (unpaired) electrons. The zero-order chi connectivity index (χ0) is 26.8. The highest BCUT2D eigenvalue weighted by Crippen LogP contribution is 2.39. The smallest absolute Gasteiger partial charge is 0.165 e. The zero-order valence-electron chi connectivity index (χ0n) is 23.1. The summed E-state index contributed by atoms with van der Waals surface area (Å²) in [5.74, 6) is 3.07. The Morgan fingerprint density at radius 1 is 0.846 bits per heavy atom. The van der Waals surface area contributed by atoms with E-state index < -0.39 is 0 Å². The van der Waals surface area contributed by atoms with Crippen molar-refractivity contribution in [3.8, 4) is 34.3 Å². The fraction of sp³-hybridized carbons (Fsp3) is 0.324. The number of nitrogens with zero attached hydrogens (tertiary/aromatic N) is 2. The molecule has 0 unspecified atom stereocenters. The molecule has 2 aliphatic rings. The van der Waals surface area contributed by atoms with E-state index >= 15 is 0 Å². The summed E-state index contributed by atoms with van der Waals surface area (Å²) in [6.07, 6.45) is 2.97. The van der Waals surface area contributed by atoms with Crippen LogP contribution in [0.5, 0.6) is 23.0 Å². The van der Waals surface area contributed by atoms with Gasteiger partial charge < -0.3 is 14.2 Å². The van der Waals surface area contributed by atoms with E-state index in [1.54, 1.807) is 0 Å². The number of aryl methyl sites for hydroxylation is 3. The Morgan fingerprint density at radius 2 is 1.59 bits per heavy atom. The summed E-state index contributed by atoms with van der Waals surface area (Å²) in [4.78, 5) is 7.69. The Bertz CT molecular complexity index is 1470. The fourth-order valence-corrected chi connectivity index (χ4v) is 5.78. The molecule has 200 valence electrons. The summed E-state index contributed by atoms with van der Waals surface area (Å²) in [5.41, 5.74) is 9.82. The first-order valence-corrected chi connectivity index (χ1v) is 14.1. The van der Waals surface area contributed by atoms with E-state index in [4.69, 9.17) is 19.2 Å². The van der Waals surface area contributed by atoms with Crippen molar-refractivity contribution >= 4 is 0 Å². The quantitative estimate of drug-likeness (QED) is 0.256. The third kappa shape index (κ3) is 5.24. The average molecular weight is 521 g/mol. The number of hydrogen-bond acceptors (Lipinski definition) is 5. The second-order valence-electron chi connectivity index (χ2n) is 10.4. The van der Waals surface area contributed by atoms with Crippen molar-refractivity contribution in [3.63, 3.8) is 0 Å². The molecule has 0 saturated heterocycles. The maximum Gasteiger partial charge on any atom is 0.165 e. The molecule has 0 atom stereocenters. The Hall–Kier alpha value is -3.83. The Kier molecular flexibility index (Phi) is 7.25. The molecule has 5 heteroatoms. The third-order valence-electron chi connectivity index (χ3n) is 7.88. The van der Waals surface area contributed by atoms with Crippen molar-refractivity contribution < 1.29 is 14.2 Å². The minimum atomic E-state index is 0.546. The lowest BCUT2D eigenvalue weighted by molar-refractivity contribution is 0.171. The van der Waals surface area contributed by atoms with Gasteiger partial charge in [0.25, 0.3) is 0 Å². The lowest BCUT2D eigenvalue weighted by Crippen LogP contribution is -2.30. The summed E-state index contributed by atoms with van der Waals surface area (Å²) in [6, 6.07) is 23.3. The average Bonchev–Trinajstić information content (AvgIpc) is 2.98. The summed E-state index contributed by atoms with van der Waals surface area (Å²) < 4.78 is 18.2. The predicted molar refractivity (Wildman–Crippen MR) is 155 cm³/mol. The van der Waals surface area contributed by atoms with E-state index in [1.807, 2.05) is 18.2 Å². The van der Waals surface area contributed by atoms with Crippen LogP contribution >= 0.6 is 0 Å². The summed E-state index contributed by atoms with van der Waals surface area (Å²) in [5, 5.41) is 0. The van der Waals surface area contributed by atoms with E-state index in [1.165, 1.54) is 27.8 Å². The number of aromatic nitrogens is 1. The molecule has 0 saturated carbocycles. The number of hydrogen-bond donors (Lipinski definition) is 0. The van der Waals surface area contributed by atoms with Crippen LogP contribution in [0.15, 0.2) is 66.7 Å². The monoisotopic (exact) mass is 520 g/mol. The van der Waals surface area contributed by atoms with Gasteiger partial charge in [0.2, 0.25) is 0 Å². The molecule has 5 nitrogen and oxygen atoms in total. The number of fused-ring (bicyclic) bond motifs is 2. The lowest BCUT2D eigenvalue weighted by atomic mass is 9.94. The lowest BCUT2D eigenvalue weighted by Gasteiger charge is -2.30. The topological polar surface area (TPSA) is 43.8 Å². The Morgan fingerprint density at radius 3 is 2.36 bits per heavy atom. The second kappa shape index (κ2) is 11.1. The van der Waals surface area contributed by atoms with Crippen molar-refractivity contribution in [3.05, 3.63) is 100 Å². The van der Waals surface area contributed by atoms with Crippen molar-refractivity contribution in [1.29, 1.82) is 0 Å². The van der Waals surface area contributed by atoms with Gasteiger partial charge in [0.05, 0.1) is 5.69 Å². The predicted octanol–water partition coefficient (Wildman–Crippen LogP) is 7.30. The van der Waals surface area contributed by atoms with Crippen molar-refractivity contribution in [2.24, 2.45) is 0 Å². The van der Waals surface area contributed by atoms with Gasteiger partial charge in [0, 0.05) is 48.6 Å². The van der Waals surface area contributed by atoms with Crippen LogP contribution in [0.1, 0.15) is 47.4 Å². The first kappa shape index (κ1) is 25.4. The van der Waals surface area contributed by atoms with Crippen molar-refractivity contribution in [2.45, 2.75) is 53.1 Å². The minimum absolute atomic E-state index is 0.546. The first-order chi connectivity index (χ1) is 19.1. The van der Waals surface area contributed by atoms with Gasteiger partial charge in [-0.25, -0.2) is 0 Å². The molecule has 4 aromatic rings. The van der Waals surface area contributed by atoms with Gasteiger partial charge in [-0.3, -0.25) is 9.88 Å². The fourth-order valence-electron chi connectivity index (χ4n) is 5.78. The second-order valence-corrected chi connectivity index (χ2v) is 10.4. The van der Waals surface area contributed by atoms with Crippen LogP contribution in [0.3, 0.4) is 0 Å². The summed E-state index contributed by atoms with van der Waals surface area (Å²) in [6.45, 7) is 10.4. The molecular formula is C34H36N2O3. The number of pyridine rings is 1. The third-order valence-corrected chi connectivity index (χ3v) is 7.88. The van der Waals surface area contributed by atoms with Gasteiger partial charge in [0.1, 0.15) is 24.7 Å². The largest absolute Gasteiger partial charge is 0.486 e. The molecule has 0 aliphatic carbocycles. The molecule has 3 heterocycles. The van der Waals surface area contributed by atoms with Gasteiger partial charge in [0.15, 0.2) is 11.5 Å². The highest BCUT2D eigenvalue weighted by Gasteiger charge is 2.22. The number of ether oxygens (including phenoxy) is 3. The van der Waals surface area contributed by atoms with E-state index in [2.05, 4.69) is 74.2 Å². The van der Waals surface area contributed by atoms with Crippen LogP contribution in [0.4, 0.5) is 0 Å². The molecule has 1 aromatic heterocycles. The standard InChI is InChI=1S/C34H36N2O3/c1-4-24-11-8-12-25(5-2)34(24)30-20-32(39-28-13-14-31-33(19-28)38-18-17-37-31)29(23(3)35-30)22-36-16-15-26-9-6-7-10-27(26)21-36/h6-14,19-20H,4-5,15-18,21-22H2,1-3H3. The van der Waals surface area contributed by atoms with Crippen LogP contribution in [0.25, 0.3) is 11.3 Å². The van der Waals surface area contributed by atoms with E-state index in [-0.39, 0.29) is 0 Å². The maximum absolute atomic E-state index is 6.67. The highest BCUT2D eigenvalue weighted by molar-refractivity contribution is 5.70. The highest BCUT2D eigenvalue weighted by atomic mass is 16.6. The van der Waals surface area contributed by atoms with Crippen LogP contribution in [-0.2, 0) is 32.4 Å². The van der Waals surface area contributed by atoms with E-state index in [0.29, 0.717) is 13.2 Å². The Balaban J connectivity index is 1.41. The molecule has 0 N–H and O–H groups in total. The van der Waals surface area contributed by atoms with E-state index in [9.17, 15) is 0 Å². The number of benzene rings is 3. The Labute approximate surface area is 231 Å². The molecule has 6 rings (SSSR count). The van der Waals surface area contributed by atoms with Crippen molar-refractivity contribution in [2.75, 3.05) is 19.8 Å². The van der Waals surface area contributed by atoms with Gasteiger partial charge in [-0.1, -0.05) is 56.3 Å². The zero-order valence-corrected chi connectivity index (χ0v) is 23.1. The van der Waals surface area contributed by atoms with Gasteiger partial charge in [-0.2, -0.15) is 0 Å². The van der Waals surface area contributed by atoms with Gasteiger partial charge >= 0.3 is 0 Å². The van der Waals surface area contributed by atoms with Crippen LogP contribution in [0, 0.1) is 6.92 Å². The summed E-state index contributed by atoms with van der Waals surface area (Å²) in [7, 11) is 0. The molecule has 0 amide bonds. The molecule has 0 spiro atoms. The first-order valence-electron chi connectivity index (χ1n) is 14.1. The number of rotatable bonds is 7. The van der Waals surface area contributed by atoms with Crippen LogP contribution in [-0.4, -0.2) is 29.6 Å². The molecule has 2 aliphatic heterocycles. The normalized spacial score (nSPS) is 14.6. The maximum atomic E-state index is 6.67. The van der Waals surface area contributed by atoms with Crippen molar-refractivity contribution in [1.82, 2.24) is 9.88 Å². The molecule has 0 bridgehead atoms. The molecule has 3 aromatic carbocycles. The molecule has 0 fully saturated rings. The summed E-state index contributed by atoms with van der Waals surface area (Å²) >= 11 is 0. The van der Waals surface area contributed by atoms with Crippen LogP contribution < -0.4 is 14.2 Å².